The fourth-order valence-electron chi connectivity index (χ4n) is 2.91. The van der Waals surface area contributed by atoms with Crippen LogP contribution in [-0.2, 0) is 16.1 Å². The number of hydrogen-bond donors (Lipinski definition) is 1. The van der Waals surface area contributed by atoms with Crippen molar-refractivity contribution in [2.24, 2.45) is 0 Å². The average Bonchev–Trinajstić information content (AvgIpc) is 3.08. The third-order valence-corrected chi connectivity index (χ3v) is 4.49. The van der Waals surface area contributed by atoms with Crippen LogP contribution in [0.2, 0.25) is 0 Å². The van der Waals surface area contributed by atoms with Gasteiger partial charge in [-0.1, -0.05) is 54.6 Å². The molecule has 3 aromatic rings. The van der Waals surface area contributed by atoms with Crippen molar-refractivity contribution in [3.8, 4) is 11.3 Å². The monoisotopic (exact) mass is 417 g/mol. The van der Waals surface area contributed by atoms with E-state index >= 15 is 0 Å². The van der Waals surface area contributed by atoms with E-state index in [1.54, 1.807) is 10.7 Å². The summed E-state index contributed by atoms with van der Waals surface area (Å²) >= 11 is 0. The van der Waals surface area contributed by atoms with Gasteiger partial charge in [0.25, 0.3) is 5.91 Å². The first-order valence-corrected chi connectivity index (χ1v) is 9.40. The van der Waals surface area contributed by atoms with E-state index in [4.69, 9.17) is 0 Å². The molecule has 1 amide bonds. The van der Waals surface area contributed by atoms with E-state index in [0.717, 1.165) is 16.7 Å². The number of amides is 1. The van der Waals surface area contributed by atoms with Crippen molar-refractivity contribution in [2.45, 2.75) is 32.7 Å². The van der Waals surface area contributed by atoms with Gasteiger partial charge in [-0.25, -0.2) is 4.68 Å². The van der Waals surface area contributed by atoms with Crippen LogP contribution in [0.5, 0.6) is 0 Å². The third-order valence-electron chi connectivity index (χ3n) is 4.49. The molecule has 5 nitrogen and oxygen atoms in total. The van der Waals surface area contributed by atoms with Gasteiger partial charge in [0.05, 0.1) is 12.2 Å². The Morgan fingerprint density at radius 2 is 1.80 bits per heavy atom. The number of nitrogens with zero attached hydrogens (tertiary/aromatic N) is 2. The Labute approximate surface area is 172 Å². The molecule has 0 aliphatic carbocycles. The fourth-order valence-corrected chi connectivity index (χ4v) is 2.91. The minimum absolute atomic E-state index is 0.379. The molecule has 0 fully saturated rings. The second-order valence-corrected chi connectivity index (χ2v) is 6.93. The predicted octanol–water partition coefficient (Wildman–Crippen LogP) is 4.81. The maximum absolute atomic E-state index is 12.4. The van der Waals surface area contributed by atoms with Crippen LogP contribution in [0.15, 0.2) is 60.7 Å². The highest BCUT2D eigenvalue weighted by Gasteiger charge is 2.30. The summed E-state index contributed by atoms with van der Waals surface area (Å²) in [6, 6.07) is 18.9. The van der Waals surface area contributed by atoms with E-state index in [-0.39, 0.29) is 0 Å². The summed E-state index contributed by atoms with van der Waals surface area (Å²) in [7, 11) is 0. The summed E-state index contributed by atoms with van der Waals surface area (Å²) in [5.41, 5.74) is 3.54. The number of aromatic nitrogens is 2. The number of halogens is 3. The summed E-state index contributed by atoms with van der Waals surface area (Å²) in [5, 5.41) is 7.26. The van der Waals surface area contributed by atoms with Gasteiger partial charge in [-0.15, -0.1) is 0 Å². The van der Waals surface area contributed by atoms with Crippen molar-refractivity contribution >= 4 is 11.7 Å². The normalized spacial score (nSPS) is 12.6. The molecule has 0 spiro atoms. The van der Waals surface area contributed by atoms with Gasteiger partial charge in [-0.05, 0) is 25.0 Å². The molecule has 1 N–H and O–H groups in total. The van der Waals surface area contributed by atoms with Crippen LogP contribution in [0.1, 0.15) is 18.1 Å². The number of anilines is 1. The Morgan fingerprint density at radius 1 is 1.13 bits per heavy atom. The van der Waals surface area contributed by atoms with Crippen LogP contribution in [0.3, 0.4) is 0 Å². The number of ether oxygens (including phenoxy) is 1. The molecule has 0 radical (unpaired) electrons. The van der Waals surface area contributed by atoms with Crippen LogP contribution in [0, 0.1) is 6.92 Å². The quantitative estimate of drug-likeness (QED) is 0.600. The lowest BCUT2D eigenvalue weighted by molar-refractivity contribution is -0.184. The van der Waals surface area contributed by atoms with Crippen molar-refractivity contribution < 1.29 is 22.7 Å². The fraction of sp³-hybridized carbons (Fsp3) is 0.273. The molecule has 1 aromatic heterocycles. The second-order valence-electron chi connectivity index (χ2n) is 6.93. The van der Waals surface area contributed by atoms with Gasteiger partial charge in [-0.2, -0.15) is 18.3 Å². The van der Waals surface area contributed by atoms with Crippen LogP contribution in [0.4, 0.5) is 19.0 Å². The van der Waals surface area contributed by atoms with E-state index < -0.39 is 24.8 Å². The standard InChI is InChI=1S/C22H22F3N3O2/c1-15-8-6-7-11-18(15)19-12-20(26-21(29)16(2)30-14-22(23,24)25)28(27-19)13-17-9-4-3-5-10-17/h3-12,16H,13-14H2,1-2H3,(H,26,29). The molecule has 0 aliphatic rings. The number of carbonyl (C=O) groups excluding carboxylic acids is 1. The molecule has 1 unspecified atom stereocenters. The molecule has 0 bridgehead atoms. The van der Waals surface area contributed by atoms with Gasteiger partial charge in [0.15, 0.2) is 0 Å². The zero-order chi connectivity index (χ0) is 21.7. The highest BCUT2D eigenvalue weighted by molar-refractivity contribution is 5.93. The lowest BCUT2D eigenvalue weighted by Crippen LogP contribution is -2.32. The van der Waals surface area contributed by atoms with E-state index in [0.29, 0.717) is 18.1 Å². The first-order valence-electron chi connectivity index (χ1n) is 9.40. The van der Waals surface area contributed by atoms with Crippen molar-refractivity contribution in [1.82, 2.24) is 9.78 Å². The van der Waals surface area contributed by atoms with Gasteiger partial charge in [-0.3, -0.25) is 4.79 Å². The van der Waals surface area contributed by atoms with E-state index in [9.17, 15) is 18.0 Å². The molecule has 2 aromatic carbocycles. The van der Waals surface area contributed by atoms with E-state index in [1.807, 2.05) is 61.5 Å². The molecular weight excluding hydrogens is 395 g/mol. The van der Waals surface area contributed by atoms with Crippen molar-refractivity contribution in [3.05, 3.63) is 71.8 Å². The third kappa shape index (κ3) is 5.70. The smallest absolute Gasteiger partial charge is 0.359 e. The van der Waals surface area contributed by atoms with Gasteiger partial charge >= 0.3 is 6.18 Å². The lowest BCUT2D eigenvalue weighted by atomic mass is 10.1. The SMILES string of the molecule is Cc1ccccc1-c1cc(NC(=O)C(C)OCC(F)(F)F)n(Cc2ccccc2)n1. The van der Waals surface area contributed by atoms with E-state index in [1.165, 1.54) is 6.92 Å². The van der Waals surface area contributed by atoms with Crippen LogP contribution in [-0.4, -0.2) is 34.6 Å². The first-order chi connectivity index (χ1) is 14.2. The molecule has 1 atom stereocenters. The number of alkyl halides is 3. The number of hydrogen-bond acceptors (Lipinski definition) is 3. The lowest BCUT2D eigenvalue weighted by Gasteiger charge is -2.15. The molecular formula is C22H22F3N3O2. The number of carbonyl (C=O) groups is 1. The molecule has 3 rings (SSSR count). The van der Waals surface area contributed by atoms with Gasteiger partial charge in [0.2, 0.25) is 0 Å². The topological polar surface area (TPSA) is 56.1 Å². The number of benzene rings is 2. The Balaban J connectivity index is 1.86. The van der Waals surface area contributed by atoms with Crippen LogP contribution >= 0.6 is 0 Å². The zero-order valence-electron chi connectivity index (χ0n) is 16.6. The molecule has 0 saturated heterocycles. The Kier molecular flexibility index (Phi) is 6.56. The highest BCUT2D eigenvalue weighted by Crippen LogP contribution is 2.26. The minimum Gasteiger partial charge on any atom is -0.359 e. The zero-order valence-corrected chi connectivity index (χ0v) is 16.6. The first kappa shape index (κ1) is 21.6. The summed E-state index contributed by atoms with van der Waals surface area (Å²) in [5.74, 6) is -0.297. The summed E-state index contributed by atoms with van der Waals surface area (Å²) in [4.78, 5) is 12.4. The Morgan fingerprint density at radius 3 is 2.47 bits per heavy atom. The number of aryl methyl sites for hydroxylation is 1. The maximum atomic E-state index is 12.4. The highest BCUT2D eigenvalue weighted by atomic mass is 19.4. The van der Waals surface area contributed by atoms with E-state index in [2.05, 4.69) is 15.2 Å². The number of rotatable bonds is 7. The Bertz CT molecular complexity index is 1000. The molecule has 158 valence electrons. The molecule has 30 heavy (non-hydrogen) atoms. The maximum Gasteiger partial charge on any atom is 0.411 e. The number of nitrogens with one attached hydrogen (secondary N) is 1. The largest absolute Gasteiger partial charge is 0.411 e. The van der Waals surface area contributed by atoms with Crippen molar-refractivity contribution in [2.75, 3.05) is 11.9 Å². The summed E-state index contributed by atoms with van der Waals surface area (Å²) in [6.07, 6.45) is -5.77. The van der Waals surface area contributed by atoms with Crippen LogP contribution in [0.25, 0.3) is 11.3 Å². The van der Waals surface area contributed by atoms with Gasteiger partial charge in [0.1, 0.15) is 18.5 Å². The predicted molar refractivity (Wildman–Crippen MR) is 108 cm³/mol. The second kappa shape index (κ2) is 9.13. The van der Waals surface area contributed by atoms with Gasteiger partial charge < -0.3 is 10.1 Å². The average molecular weight is 417 g/mol. The van der Waals surface area contributed by atoms with Crippen molar-refractivity contribution in [3.63, 3.8) is 0 Å². The molecule has 8 heteroatoms. The molecule has 0 saturated carbocycles. The molecule has 0 aliphatic heterocycles. The summed E-state index contributed by atoms with van der Waals surface area (Å²) in [6.45, 7) is 2.14. The van der Waals surface area contributed by atoms with Gasteiger partial charge in [0, 0.05) is 11.6 Å². The molecule has 1 heterocycles. The minimum atomic E-state index is -4.50. The summed E-state index contributed by atoms with van der Waals surface area (Å²) < 4.78 is 43.4. The Hall–Kier alpha value is -3.13. The van der Waals surface area contributed by atoms with Crippen molar-refractivity contribution in [1.29, 1.82) is 0 Å². The van der Waals surface area contributed by atoms with Crippen LogP contribution < -0.4 is 5.32 Å².